The number of carbonyl (C=O) groups excluding carboxylic acids is 2. The van der Waals surface area contributed by atoms with Gasteiger partial charge < -0.3 is 25.4 Å². The second kappa shape index (κ2) is 10.4. The number of likely N-dealkylation sites (tertiary alicyclic amines) is 1. The number of amides is 2. The molecular weight excluding hydrogens is 557 g/mol. The molecule has 0 radical (unpaired) electrons. The van der Waals surface area contributed by atoms with Crippen molar-refractivity contribution < 1.29 is 41.0 Å². The first kappa shape index (κ1) is 28.4. The Morgan fingerprint density at radius 2 is 1.93 bits per heavy atom. The van der Waals surface area contributed by atoms with Gasteiger partial charge in [-0.05, 0) is 18.6 Å². The number of nitrogen functional groups attached to an aromatic ring is 1. The zero-order valence-electron chi connectivity index (χ0n) is 21.9. The molecule has 0 aromatic carbocycles. The molecule has 4 heterocycles. The van der Waals surface area contributed by atoms with Crippen molar-refractivity contribution >= 4 is 23.1 Å². The summed E-state index contributed by atoms with van der Waals surface area (Å²) in [5, 5.41) is 6.71. The number of hydrogen-bond donors (Lipinski definition) is 2. The van der Waals surface area contributed by atoms with Gasteiger partial charge in [0.2, 0.25) is 17.7 Å². The maximum absolute atomic E-state index is 13.8. The Morgan fingerprint density at radius 1 is 1.20 bits per heavy atom. The average Bonchev–Trinajstić information content (AvgIpc) is 3.49. The van der Waals surface area contributed by atoms with Gasteiger partial charge in [-0.1, -0.05) is 0 Å². The van der Waals surface area contributed by atoms with Gasteiger partial charge in [0.05, 0.1) is 31.0 Å². The predicted octanol–water partition coefficient (Wildman–Crippen LogP) is 2.79. The molecule has 41 heavy (non-hydrogen) atoms. The van der Waals surface area contributed by atoms with Crippen molar-refractivity contribution in [2.75, 3.05) is 33.1 Å². The molecule has 1 saturated carbocycles. The number of hydrogen-bond acceptors (Lipinski definition) is 8. The van der Waals surface area contributed by atoms with Crippen molar-refractivity contribution in [3.63, 3.8) is 0 Å². The minimum atomic E-state index is -4.76. The number of halogens is 5. The van der Waals surface area contributed by atoms with Gasteiger partial charge in [-0.3, -0.25) is 9.59 Å². The second-order valence-corrected chi connectivity index (χ2v) is 10.1. The Hall–Kier alpha value is -4.08. The number of rotatable bonds is 7. The van der Waals surface area contributed by atoms with Crippen LogP contribution >= 0.6 is 0 Å². The van der Waals surface area contributed by atoms with Crippen LogP contribution in [0.2, 0.25) is 0 Å². The van der Waals surface area contributed by atoms with E-state index in [9.17, 15) is 31.5 Å². The van der Waals surface area contributed by atoms with Gasteiger partial charge in [-0.15, -0.1) is 0 Å². The van der Waals surface area contributed by atoms with E-state index in [2.05, 4.69) is 20.4 Å². The van der Waals surface area contributed by atoms with E-state index in [1.807, 2.05) is 0 Å². The lowest BCUT2D eigenvalue weighted by molar-refractivity contribution is -0.161. The third-order valence-electron chi connectivity index (χ3n) is 7.30. The van der Waals surface area contributed by atoms with Crippen molar-refractivity contribution in [3.05, 3.63) is 35.8 Å². The molecule has 1 aliphatic carbocycles. The zero-order chi connectivity index (χ0) is 29.7. The van der Waals surface area contributed by atoms with Crippen LogP contribution in [0.4, 0.5) is 27.8 Å². The molecule has 3 N–H and O–H groups in total. The van der Waals surface area contributed by atoms with Crippen LogP contribution in [-0.2, 0) is 15.7 Å². The van der Waals surface area contributed by atoms with Crippen LogP contribution in [-0.4, -0.2) is 81.7 Å². The lowest BCUT2D eigenvalue weighted by Crippen LogP contribution is -2.49. The molecule has 11 nitrogen and oxygen atoms in total. The molecule has 2 atom stereocenters. The van der Waals surface area contributed by atoms with E-state index < -0.39 is 65.8 Å². The highest BCUT2D eigenvalue weighted by molar-refractivity contribution is 5.98. The summed E-state index contributed by atoms with van der Waals surface area (Å²) >= 11 is 0. The zero-order valence-corrected chi connectivity index (χ0v) is 21.9. The molecule has 3 aromatic rings. The number of pyridine rings is 1. The van der Waals surface area contributed by atoms with E-state index in [1.165, 1.54) is 31.4 Å². The minimum absolute atomic E-state index is 0.0410. The summed E-state index contributed by atoms with van der Waals surface area (Å²) in [6, 6.07) is 1.16. The summed E-state index contributed by atoms with van der Waals surface area (Å²) in [5.74, 6) is -5.20. The first-order valence-corrected chi connectivity index (χ1v) is 12.5. The Labute approximate surface area is 229 Å². The fourth-order valence-corrected chi connectivity index (χ4v) is 5.38. The van der Waals surface area contributed by atoms with Gasteiger partial charge in [-0.2, -0.15) is 18.3 Å². The molecule has 1 aliphatic heterocycles. The third kappa shape index (κ3) is 5.35. The van der Waals surface area contributed by atoms with Gasteiger partial charge in [0.1, 0.15) is 17.4 Å². The van der Waals surface area contributed by atoms with Crippen LogP contribution in [0.25, 0.3) is 16.8 Å². The monoisotopic (exact) mass is 583 g/mol. The molecule has 3 aromatic heterocycles. The maximum Gasteiger partial charge on any atom is 0.418 e. The van der Waals surface area contributed by atoms with E-state index in [4.69, 9.17) is 15.2 Å². The fraction of sp³-hybridized carbons (Fsp3) is 0.480. The lowest BCUT2D eigenvalue weighted by Gasteiger charge is -2.37. The number of methoxy groups -OCH3 is 2. The van der Waals surface area contributed by atoms with E-state index in [0.29, 0.717) is 6.42 Å². The van der Waals surface area contributed by atoms with E-state index in [1.54, 1.807) is 0 Å². The molecule has 0 bridgehead atoms. The van der Waals surface area contributed by atoms with E-state index in [-0.39, 0.29) is 41.7 Å². The molecule has 2 amide bonds. The molecule has 16 heteroatoms. The Morgan fingerprint density at radius 3 is 2.56 bits per heavy atom. The summed E-state index contributed by atoms with van der Waals surface area (Å²) in [5.41, 5.74) is 4.22. The van der Waals surface area contributed by atoms with Crippen molar-refractivity contribution in [1.82, 2.24) is 29.8 Å². The summed E-state index contributed by atoms with van der Waals surface area (Å²) in [7, 11) is 2.72. The van der Waals surface area contributed by atoms with Gasteiger partial charge in [-0.25, -0.2) is 23.3 Å². The predicted molar refractivity (Wildman–Crippen MR) is 133 cm³/mol. The van der Waals surface area contributed by atoms with Crippen LogP contribution in [0.5, 0.6) is 5.88 Å². The Balaban J connectivity index is 1.41. The van der Waals surface area contributed by atoms with Crippen molar-refractivity contribution in [1.29, 1.82) is 0 Å². The van der Waals surface area contributed by atoms with Crippen molar-refractivity contribution in [2.45, 2.75) is 43.4 Å². The normalized spacial score (nSPS) is 20.7. The highest BCUT2D eigenvalue weighted by atomic mass is 19.4. The number of fused-ring (bicyclic) bond motifs is 1. The van der Waals surface area contributed by atoms with Gasteiger partial charge in [0, 0.05) is 50.2 Å². The van der Waals surface area contributed by atoms with Crippen LogP contribution in [0.1, 0.15) is 35.2 Å². The molecule has 0 unspecified atom stereocenters. The van der Waals surface area contributed by atoms with Crippen LogP contribution in [0.3, 0.4) is 0 Å². The van der Waals surface area contributed by atoms with Crippen LogP contribution in [0.15, 0.2) is 24.7 Å². The number of ether oxygens (including phenoxy) is 2. The topological polar surface area (TPSA) is 137 Å². The summed E-state index contributed by atoms with van der Waals surface area (Å²) in [4.78, 5) is 35.5. The Kier molecular flexibility index (Phi) is 7.21. The lowest BCUT2D eigenvalue weighted by atomic mass is 9.80. The smallest absolute Gasteiger partial charge is 0.418 e. The number of anilines is 1. The highest BCUT2D eigenvalue weighted by Gasteiger charge is 2.51. The number of nitrogens with two attached hydrogens (primary N) is 1. The Bertz CT molecular complexity index is 1490. The quantitative estimate of drug-likeness (QED) is 0.406. The van der Waals surface area contributed by atoms with Gasteiger partial charge in [0.25, 0.3) is 5.91 Å². The summed E-state index contributed by atoms with van der Waals surface area (Å²) < 4.78 is 79.4. The van der Waals surface area contributed by atoms with E-state index >= 15 is 0 Å². The molecular formula is C25H26F5N7O4. The molecule has 2 fully saturated rings. The number of nitrogens with one attached hydrogen (secondary N) is 1. The molecule has 2 aliphatic rings. The van der Waals surface area contributed by atoms with Crippen molar-refractivity contribution in [2.24, 2.45) is 5.92 Å². The highest BCUT2D eigenvalue weighted by Crippen LogP contribution is 2.44. The number of aromatic nitrogens is 4. The van der Waals surface area contributed by atoms with E-state index in [0.717, 1.165) is 16.9 Å². The SMILES string of the molecule is COC[C@@H]1C[C@H](NC(=O)c2cc(-c3cc(C(F)(F)F)c4c(N)ncnn34)cnc2OC)CN1C(=O)C1CC(F)(F)C1. The van der Waals surface area contributed by atoms with Crippen molar-refractivity contribution in [3.8, 4) is 17.1 Å². The minimum Gasteiger partial charge on any atom is -0.480 e. The number of nitrogens with zero attached hydrogens (tertiary/aromatic N) is 5. The number of alkyl halides is 5. The fourth-order valence-electron chi connectivity index (χ4n) is 5.38. The molecule has 0 spiro atoms. The summed E-state index contributed by atoms with van der Waals surface area (Å²) in [6.45, 7) is 0.222. The molecule has 5 rings (SSSR count). The molecule has 1 saturated heterocycles. The largest absolute Gasteiger partial charge is 0.480 e. The average molecular weight is 584 g/mol. The number of carbonyl (C=O) groups is 2. The van der Waals surface area contributed by atoms with Gasteiger partial charge in [0.15, 0.2) is 5.82 Å². The second-order valence-electron chi connectivity index (χ2n) is 10.1. The van der Waals surface area contributed by atoms with Crippen LogP contribution in [0, 0.1) is 5.92 Å². The maximum atomic E-state index is 13.8. The summed E-state index contributed by atoms with van der Waals surface area (Å²) in [6.07, 6.45) is -3.26. The molecule has 220 valence electrons. The first-order valence-electron chi connectivity index (χ1n) is 12.5. The van der Waals surface area contributed by atoms with Crippen LogP contribution < -0.4 is 15.8 Å². The standard InChI is InChI=1S/C25H26F5N7O4/c1-40-10-15-4-14(9-36(15)23(39)13-6-24(26,27)7-13)35-21(38)16-3-12(8-32-22(16)41-2)18-5-17(25(28,29)30)19-20(31)33-11-34-37(18)19/h3,5,8,11,13-15H,4,6-7,9-10H2,1-2H3,(H,35,38)(H2,31,33,34)/t14-,15-/m0/s1. The first-order chi connectivity index (χ1) is 19.3. The third-order valence-corrected chi connectivity index (χ3v) is 7.30. The van der Waals surface area contributed by atoms with Gasteiger partial charge >= 0.3 is 6.18 Å².